The molecule has 0 aromatic heterocycles. The molecule has 17 N–H and O–H groups in total. The SMILES string of the molecule is C#CCOCCOCCOCCOCCNS(=O)(=O)N(CCOCCN(C)C(=O)O[C@@H]([C@@H]1OC(C(=O)O)=C[C@H](N=C(N)N)[C@H]1NC(C)=O)[C@H](O)CO)CCN(C)CCN(C)C(=O)O[C@@H]([C@@H]1OC(C(=O)O)=C[C@H](N=C(N)N)[C@H]1NC(C)=O)[C@H](O)CO. The molecule has 0 aliphatic carbocycles. The number of carbonyl (C=O) groups excluding carboxylic acids is 4. The van der Waals surface area contributed by atoms with Gasteiger partial charge in [0.15, 0.2) is 36.3 Å². The fourth-order valence-corrected chi connectivity index (χ4v) is 8.95. The number of guanidine groups is 2. The second-order valence-electron chi connectivity index (χ2n) is 18.7. The Morgan fingerprint density at radius 3 is 1.45 bits per heavy atom. The highest BCUT2D eigenvalue weighted by Gasteiger charge is 2.48. The van der Waals surface area contributed by atoms with Crippen LogP contribution in [0.5, 0.6) is 0 Å². The van der Waals surface area contributed by atoms with Gasteiger partial charge < -0.3 is 122 Å². The molecule has 2 aliphatic heterocycles. The lowest BCUT2D eigenvalue weighted by Gasteiger charge is -2.40. The number of hydrogen-bond acceptors (Lipinski definition) is 24. The number of carbonyl (C=O) groups is 6. The number of likely N-dealkylation sites (N-methyl/N-ethyl adjacent to an activating group) is 3. The number of nitrogens with two attached hydrogens (primary N) is 4. The minimum atomic E-state index is -4.26. The van der Waals surface area contributed by atoms with Crippen LogP contribution in [-0.4, -0.2) is 313 Å². The summed E-state index contributed by atoms with van der Waals surface area (Å²) in [5.74, 6) is -4.60. The quantitative estimate of drug-likeness (QED) is 0.0117. The van der Waals surface area contributed by atoms with Crippen molar-refractivity contribution in [3.05, 3.63) is 23.7 Å². The molecule has 484 valence electrons. The third kappa shape index (κ3) is 27.3. The summed E-state index contributed by atoms with van der Waals surface area (Å²) >= 11 is 0. The maximum Gasteiger partial charge on any atom is 0.410 e. The molecular weight excluding hydrogens is 1160 g/mol. The van der Waals surface area contributed by atoms with Gasteiger partial charge in [0.05, 0.1) is 96.8 Å². The van der Waals surface area contributed by atoms with Crippen molar-refractivity contribution >= 4 is 58.1 Å². The van der Waals surface area contributed by atoms with Crippen molar-refractivity contribution in [2.24, 2.45) is 32.9 Å². The van der Waals surface area contributed by atoms with E-state index < -0.39 is 144 Å². The van der Waals surface area contributed by atoms with Gasteiger partial charge in [0.2, 0.25) is 23.3 Å². The summed E-state index contributed by atoms with van der Waals surface area (Å²) in [6, 6.07) is -5.24. The van der Waals surface area contributed by atoms with E-state index in [9.17, 15) is 67.8 Å². The van der Waals surface area contributed by atoms with E-state index in [4.69, 9.17) is 72.0 Å². The molecule has 0 bridgehead atoms. The summed E-state index contributed by atoms with van der Waals surface area (Å²) in [6.07, 6.45) is -5.86. The topological polar surface area (TPSA) is 519 Å². The Morgan fingerprint density at radius 1 is 0.635 bits per heavy atom. The van der Waals surface area contributed by atoms with Gasteiger partial charge in [-0.15, -0.1) is 6.42 Å². The number of nitrogens with one attached hydrogen (secondary N) is 3. The average molecular weight is 1240 g/mol. The van der Waals surface area contributed by atoms with Crippen molar-refractivity contribution in [2.45, 2.75) is 74.6 Å². The Bertz CT molecular complexity index is 2410. The van der Waals surface area contributed by atoms with Crippen molar-refractivity contribution in [3.8, 4) is 12.3 Å². The number of aliphatic hydroxyl groups is 4. The molecule has 0 radical (unpaired) electrons. The summed E-state index contributed by atoms with van der Waals surface area (Å²) in [5.41, 5.74) is 22.2. The number of aliphatic imine (C=N–C) groups is 2. The normalized spacial score (nSPS) is 19.9. The zero-order valence-corrected chi connectivity index (χ0v) is 48.8. The van der Waals surface area contributed by atoms with Gasteiger partial charge in [0.1, 0.15) is 18.8 Å². The van der Waals surface area contributed by atoms with Crippen LogP contribution in [0.4, 0.5) is 9.59 Å². The van der Waals surface area contributed by atoms with Crippen LogP contribution in [0.2, 0.25) is 0 Å². The first-order valence-electron chi connectivity index (χ1n) is 26.3. The molecule has 0 saturated heterocycles. The third-order valence-electron chi connectivity index (χ3n) is 12.0. The highest BCUT2D eigenvalue weighted by Crippen LogP contribution is 2.29. The first-order valence-corrected chi connectivity index (χ1v) is 27.7. The number of carboxylic acid groups (broad SMARTS) is 2. The van der Waals surface area contributed by atoms with Crippen LogP contribution in [0.25, 0.3) is 0 Å². The lowest BCUT2D eigenvalue weighted by atomic mass is 9.92. The van der Waals surface area contributed by atoms with Gasteiger partial charge >= 0.3 is 24.1 Å². The lowest BCUT2D eigenvalue weighted by molar-refractivity contribution is -0.147. The molecule has 37 heteroatoms. The van der Waals surface area contributed by atoms with Crippen molar-refractivity contribution in [2.75, 3.05) is 146 Å². The lowest BCUT2D eigenvalue weighted by Crippen LogP contribution is -2.61. The minimum absolute atomic E-state index is 0.0445. The number of aliphatic hydroxyl groups excluding tert-OH is 4. The van der Waals surface area contributed by atoms with E-state index in [1.807, 2.05) is 0 Å². The summed E-state index contributed by atoms with van der Waals surface area (Å²) in [7, 11) is -0.0529. The van der Waals surface area contributed by atoms with Gasteiger partial charge in [0, 0.05) is 73.8 Å². The predicted octanol–water partition coefficient (Wildman–Crippen LogP) is -7.62. The van der Waals surface area contributed by atoms with E-state index in [0.29, 0.717) is 19.8 Å². The number of hydrogen-bond donors (Lipinski definition) is 13. The minimum Gasteiger partial charge on any atom is -0.477 e. The van der Waals surface area contributed by atoms with Crippen molar-refractivity contribution in [1.29, 1.82) is 0 Å². The molecule has 0 spiro atoms. The van der Waals surface area contributed by atoms with Gasteiger partial charge in [0.25, 0.3) is 10.2 Å². The summed E-state index contributed by atoms with van der Waals surface area (Å²) in [5, 5.41) is 66.1. The number of rotatable bonds is 41. The highest BCUT2D eigenvalue weighted by molar-refractivity contribution is 7.87. The van der Waals surface area contributed by atoms with E-state index in [1.165, 1.54) is 14.1 Å². The predicted molar refractivity (Wildman–Crippen MR) is 296 cm³/mol. The number of ether oxygens (including phenoxy) is 9. The van der Waals surface area contributed by atoms with Crippen molar-refractivity contribution < 1.29 is 110 Å². The Balaban J connectivity index is 2.18. The number of aliphatic carboxylic acids is 2. The molecule has 2 aliphatic rings. The third-order valence-corrected chi connectivity index (χ3v) is 13.6. The molecule has 85 heavy (non-hydrogen) atoms. The van der Waals surface area contributed by atoms with Crippen molar-refractivity contribution in [1.82, 2.24) is 34.4 Å². The zero-order valence-electron chi connectivity index (χ0n) is 48.0. The van der Waals surface area contributed by atoms with Gasteiger partial charge in [-0.2, -0.15) is 17.4 Å². The van der Waals surface area contributed by atoms with Crippen LogP contribution in [0.1, 0.15) is 13.8 Å². The van der Waals surface area contributed by atoms with E-state index in [1.54, 1.807) is 11.9 Å². The molecule has 0 aromatic rings. The largest absolute Gasteiger partial charge is 0.477 e. The highest BCUT2D eigenvalue weighted by atomic mass is 32.2. The molecule has 0 saturated carbocycles. The first-order chi connectivity index (χ1) is 40.2. The van der Waals surface area contributed by atoms with Gasteiger partial charge in [-0.05, 0) is 19.2 Å². The Hall–Kier alpha value is -6.93. The van der Waals surface area contributed by atoms with Crippen LogP contribution in [0.15, 0.2) is 33.7 Å². The molecule has 4 amide bonds. The Labute approximate surface area is 491 Å². The zero-order chi connectivity index (χ0) is 63.8. The molecule has 10 atom stereocenters. The maximum absolute atomic E-state index is 13.8. The molecular formula is C48H83N13O23S. The number of terminal acetylenes is 1. The first kappa shape index (κ1) is 74.2. The van der Waals surface area contributed by atoms with Crippen LogP contribution < -0.4 is 38.3 Å². The van der Waals surface area contributed by atoms with E-state index in [0.717, 1.165) is 40.1 Å². The van der Waals surface area contributed by atoms with Crippen LogP contribution >= 0.6 is 0 Å². The Kier molecular flexibility index (Phi) is 33.9. The number of amides is 4. The second-order valence-corrected chi connectivity index (χ2v) is 20.5. The summed E-state index contributed by atoms with van der Waals surface area (Å²) in [6.45, 7) is 0.723. The molecule has 0 unspecified atom stereocenters. The fraction of sp³-hybridized carbons (Fsp3) is 0.708. The molecule has 0 fully saturated rings. The number of nitrogens with zero attached hydrogens (tertiary/aromatic N) is 6. The van der Waals surface area contributed by atoms with Gasteiger partial charge in [-0.1, -0.05) is 5.92 Å². The molecule has 36 nitrogen and oxygen atoms in total. The van der Waals surface area contributed by atoms with Crippen molar-refractivity contribution in [3.63, 3.8) is 0 Å². The van der Waals surface area contributed by atoms with Gasteiger partial charge in [-0.25, -0.2) is 29.2 Å². The van der Waals surface area contributed by atoms with E-state index in [2.05, 4.69) is 31.3 Å². The van der Waals surface area contributed by atoms with Crippen LogP contribution in [-0.2, 0) is 72.0 Å². The van der Waals surface area contributed by atoms with Crippen LogP contribution in [0, 0.1) is 12.3 Å². The van der Waals surface area contributed by atoms with E-state index in [-0.39, 0.29) is 92.1 Å². The van der Waals surface area contributed by atoms with Crippen LogP contribution in [0.3, 0.4) is 0 Å². The monoisotopic (exact) mass is 1240 g/mol. The maximum atomic E-state index is 13.8. The summed E-state index contributed by atoms with van der Waals surface area (Å²) < 4.78 is 80.5. The average Bonchev–Trinajstić information content (AvgIpc) is 2.56. The molecule has 2 heterocycles. The molecule has 2 rings (SSSR count). The summed E-state index contributed by atoms with van der Waals surface area (Å²) in [4.78, 5) is 87.1. The second kappa shape index (κ2) is 38.9. The van der Waals surface area contributed by atoms with E-state index >= 15 is 0 Å². The molecule has 0 aromatic carbocycles. The standard InChI is InChI=1S/C48H83N13O23S/c1-7-15-76-19-21-79-23-24-80-22-20-77-16-8-53-85(74,75)61(14-18-78-17-13-60(6)48(73)84-40(34(67)28-63)42-38(55-30(3)65)32(57-46(51)52)26-36(82-42)44(70)71)12-10-58(4)9-11-59(5)47(72)83-39(33(66)27-62)41-37(54-29(2)64)31(56-45(49)50)25-35(81-41)43(68)69/h1,25-26,31-34,37-42,53,62-63,66-67H,8-24,27-28H2,2-6H3,(H,54,64)(H,55,65)(H,68,69)(H,70,71)(H4,49,50,56)(H4,51,52,57)/t31-,32-,33+,34+,37+,38+,39+,40+,41+,42+/m0/s1. The number of carboxylic acids is 2. The fourth-order valence-electron chi connectivity index (χ4n) is 7.79. The smallest absolute Gasteiger partial charge is 0.410 e. The Morgan fingerprint density at radius 2 is 1.04 bits per heavy atom. The van der Waals surface area contributed by atoms with Gasteiger partial charge in [-0.3, -0.25) is 9.59 Å².